The van der Waals surface area contributed by atoms with Crippen LogP contribution in [0.1, 0.15) is 21.5 Å². The number of aldehydes is 1. The molecular weight excluding hydrogens is 301 g/mol. The third kappa shape index (κ3) is 4.07. The minimum Gasteiger partial charge on any atom is -0.355 e. The number of nitrogens with one attached hydrogen (secondary N) is 1. The van der Waals surface area contributed by atoms with Crippen molar-refractivity contribution in [3.63, 3.8) is 0 Å². The molecule has 0 unspecified atom stereocenters. The van der Waals surface area contributed by atoms with Gasteiger partial charge in [0, 0.05) is 16.9 Å². The van der Waals surface area contributed by atoms with Crippen molar-refractivity contribution in [3.8, 4) is 0 Å². The zero-order valence-electron chi connectivity index (χ0n) is 13.2. The lowest BCUT2D eigenvalue weighted by atomic mass is 10.0. The molecule has 0 heterocycles. The number of anilines is 2. The van der Waals surface area contributed by atoms with E-state index in [2.05, 4.69) is 17.4 Å². The monoisotopic (exact) mass is 319 g/mol. The van der Waals surface area contributed by atoms with Crippen molar-refractivity contribution in [3.05, 3.63) is 95.3 Å². The van der Waals surface area contributed by atoms with E-state index in [0.717, 1.165) is 36.1 Å². The van der Waals surface area contributed by atoms with E-state index in [1.807, 2.05) is 36.4 Å². The molecule has 3 heteroatoms. The predicted octanol–water partition coefficient (Wildman–Crippen LogP) is 5.17. The molecule has 1 N–H and O–H groups in total. The van der Waals surface area contributed by atoms with Crippen LogP contribution in [0.5, 0.6) is 0 Å². The van der Waals surface area contributed by atoms with Gasteiger partial charge in [-0.25, -0.2) is 4.39 Å². The highest BCUT2D eigenvalue weighted by Crippen LogP contribution is 2.22. The van der Waals surface area contributed by atoms with Gasteiger partial charge in [-0.2, -0.15) is 0 Å². The zero-order chi connectivity index (χ0) is 16.8. The molecule has 0 aromatic heterocycles. The molecule has 0 aliphatic carbocycles. The standard InChI is InChI=1S/C21H18FNO/c22-19-10-12-20(13-11-19)23-21-14-17(8-9-18(21)15-24)7-6-16-4-2-1-3-5-16/h1-5,8-15,23H,6-7H2. The summed E-state index contributed by atoms with van der Waals surface area (Å²) in [5, 5.41) is 3.19. The van der Waals surface area contributed by atoms with Crippen LogP contribution in [0.3, 0.4) is 0 Å². The van der Waals surface area contributed by atoms with Crippen molar-refractivity contribution in [1.82, 2.24) is 0 Å². The Hall–Kier alpha value is -2.94. The highest BCUT2D eigenvalue weighted by Gasteiger charge is 2.05. The van der Waals surface area contributed by atoms with Gasteiger partial charge in [-0.15, -0.1) is 0 Å². The summed E-state index contributed by atoms with van der Waals surface area (Å²) < 4.78 is 13.0. The second-order valence-corrected chi connectivity index (χ2v) is 5.66. The van der Waals surface area contributed by atoms with Gasteiger partial charge in [-0.3, -0.25) is 4.79 Å². The molecule has 0 aliphatic rings. The molecular formula is C21H18FNO. The van der Waals surface area contributed by atoms with Gasteiger partial charge in [0.25, 0.3) is 0 Å². The van der Waals surface area contributed by atoms with Gasteiger partial charge in [0.2, 0.25) is 0 Å². The Morgan fingerprint density at radius 1 is 0.833 bits per heavy atom. The highest BCUT2D eigenvalue weighted by molar-refractivity contribution is 5.86. The molecule has 0 aliphatic heterocycles. The van der Waals surface area contributed by atoms with Gasteiger partial charge in [0.1, 0.15) is 5.82 Å². The average Bonchev–Trinajstić information content (AvgIpc) is 2.63. The molecule has 120 valence electrons. The molecule has 0 saturated carbocycles. The summed E-state index contributed by atoms with van der Waals surface area (Å²) in [6.45, 7) is 0. The summed E-state index contributed by atoms with van der Waals surface area (Å²) >= 11 is 0. The van der Waals surface area contributed by atoms with Gasteiger partial charge in [0.05, 0.1) is 0 Å². The van der Waals surface area contributed by atoms with Gasteiger partial charge in [-0.05, 0) is 60.4 Å². The first-order valence-electron chi connectivity index (χ1n) is 7.89. The summed E-state index contributed by atoms with van der Waals surface area (Å²) in [6, 6.07) is 22.2. The number of carbonyl (C=O) groups is 1. The smallest absolute Gasteiger partial charge is 0.152 e. The number of carbonyl (C=O) groups excluding carboxylic acids is 1. The van der Waals surface area contributed by atoms with Crippen LogP contribution < -0.4 is 5.32 Å². The van der Waals surface area contributed by atoms with Crippen molar-refractivity contribution in [1.29, 1.82) is 0 Å². The molecule has 0 amide bonds. The fraction of sp³-hybridized carbons (Fsp3) is 0.0952. The minimum absolute atomic E-state index is 0.284. The zero-order valence-corrected chi connectivity index (χ0v) is 13.2. The number of halogens is 1. The van der Waals surface area contributed by atoms with E-state index in [4.69, 9.17) is 0 Å². The summed E-state index contributed by atoms with van der Waals surface area (Å²) in [7, 11) is 0. The second kappa shape index (κ2) is 7.55. The first-order chi connectivity index (χ1) is 11.7. The van der Waals surface area contributed by atoms with E-state index < -0.39 is 0 Å². The van der Waals surface area contributed by atoms with Gasteiger partial charge in [0.15, 0.2) is 6.29 Å². The van der Waals surface area contributed by atoms with Crippen molar-refractivity contribution >= 4 is 17.7 Å². The van der Waals surface area contributed by atoms with Crippen LogP contribution in [0, 0.1) is 5.82 Å². The first-order valence-corrected chi connectivity index (χ1v) is 7.89. The van der Waals surface area contributed by atoms with Crippen LogP contribution >= 0.6 is 0 Å². The molecule has 0 fully saturated rings. The second-order valence-electron chi connectivity index (χ2n) is 5.66. The summed E-state index contributed by atoms with van der Waals surface area (Å²) in [5.74, 6) is -0.284. The van der Waals surface area contributed by atoms with Crippen LogP contribution in [0.15, 0.2) is 72.8 Å². The van der Waals surface area contributed by atoms with E-state index >= 15 is 0 Å². The molecule has 3 aromatic carbocycles. The summed E-state index contributed by atoms with van der Waals surface area (Å²) in [6.07, 6.45) is 2.66. The Morgan fingerprint density at radius 3 is 2.25 bits per heavy atom. The summed E-state index contributed by atoms with van der Waals surface area (Å²) in [4.78, 5) is 11.3. The Labute approximate surface area is 141 Å². The Morgan fingerprint density at radius 2 is 1.54 bits per heavy atom. The van der Waals surface area contributed by atoms with E-state index in [1.54, 1.807) is 12.1 Å². The van der Waals surface area contributed by atoms with Crippen LogP contribution in [-0.2, 0) is 12.8 Å². The largest absolute Gasteiger partial charge is 0.355 e. The highest BCUT2D eigenvalue weighted by atomic mass is 19.1. The van der Waals surface area contributed by atoms with Gasteiger partial charge >= 0.3 is 0 Å². The number of aryl methyl sites for hydroxylation is 2. The minimum atomic E-state index is -0.284. The third-order valence-corrected chi connectivity index (χ3v) is 3.91. The lowest BCUT2D eigenvalue weighted by molar-refractivity contribution is 0.112. The Kier molecular flexibility index (Phi) is 5.02. The van der Waals surface area contributed by atoms with Gasteiger partial charge in [-0.1, -0.05) is 36.4 Å². The predicted molar refractivity (Wildman–Crippen MR) is 95.4 cm³/mol. The lowest BCUT2D eigenvalue weighted by Gasteiger charge is -2.11. The number of hydrogen-bond donors (Lipinski definition) is 1. The maximum Gasteiger partial charge on any atom is 0.152 e. The van der Waals surface area contributed by atoms with Crippen LogP contribution in [-0.4, -0.2) is 6.29 Å². The number of benzene rings is 3. The fourth-order valence-electron chi connectivity index (χ4n) is 2.59. The maximum absolute atomic E-state index is 13.0. The fourth-order valence-corrected chi connectivity index (χ4v) is 2.59. The van der Waals surface area contributed by atoms with Crippen molar-refractivity contribution in [2.45, 2.75) is 12.8 Å². The van der Waals surface area contributed by atoms with E-state index in [1.165, 1.54) is 17.7 Å². The van der Waals surface area contributed by atoms with E-state index in [-0.39, 0.29) is 5.82 Å². The Balaban J connectivity index is 1.77. The van der Waals surface area contributed by atoms with Crippen LogP contribution in [0.4, 0.5) is 15.8 Å². The molecule has 3 aromatic rings. The molecule has 24 heavy (non-hydrogen) atoms. The molecule has 0 bridgehead atoms. The first kappa shape index (κ1) is 15.9. The van der Waals surface area contributed by atoms with Crippen molar-refractivity contribution in [2.24, 2.45) is 0 Å². The number of hydrogen-bond acceptors (Lipinski definition) is 2. The lowest BCUT2D eigenvalue weighted by Crippen LogP contribution is -1.98. The molecule has 0 saturated heterocycles. The normalized spacial score (nSPS) is 10.4. The molecule has 0 atom stereocenters. The quantitative estimate of drug-likeness (QED) is 0.635. The molecule has 0 radical (unpaired) electrons. The number of rotatable bonds is 6. The van der Waals surface area contributed by atoms with E-state index in [0.29, 0.717) is 5.56 Å². The van der Waals surface area contributed by atoms with E-state index in [9.17, 15) is 9.18 Å². The maximum atomic E-state index is 13.0. The molecule has 0 spiro atoms. The molecule has 3 rings (SSSR count). The van der Waals surface area contributed by atoms with Crippen molar-refractivity contribution in [2.75, 3.05) is 5.32 Å². The third-order valence-electron chi connectivity index (χ3n) is 3.91. The SMILES string of the molecule is O=Cc1ccc(CCc2ccccc2)cc1Nc1ccc(F)cc1. The average molecular weight is 319 g/mol. The topological polar surface area (TPSA) is 29.1 Å². The van der Waals surface area contributed by atoms with Crippen LogP contribution in [0.2, 0.25) is 0 Å². The van der Waals surface area contributed by atoms with Gasteiger partial charge < -0.3 is 5.32 Å². The molecule has 2 nitrogen and oxygen atoms in total. The van der Waals surface area contributed by atoms with Crippen LogP contribution in [0.25, 0.3) is 0 Å². The van der Waals surface area contributed by atoms with Crippen molar-refractivity contribution < 1.29 is 9.18 Å². The summed E-state index contributed by atoms with van der Waals surface area (Å²) in [5.41, 5.74) is 4.50. The Bertz CT molecular complexity index is 813.